The fourth-order valence-electron chi connectivity index (χ4n) is 2.20. The van der Waals surface area contributed by atoms with E-state index in [2.05, 4.69) is 11.4 Å². The van der Waals surface area contributed by atoms with E-state index in [-0.39, 0.29) is 5.91 Å². The topological polar surface area (TPSA) is 69.6 Å². The van der Waals surface area contributed by atoms with Crippen LogP contribution in [0.5, 0.6) is 0 Å². The van der Waals surface area contributed by atoms with E-state index in [0.29, 0.717) is 13.1 Å². The molecule has 0 fully saturated rings. The van der Waals surface area contributed by atoms with Crippen molar-refractivity contribution >= 4 is 12.0 Å². The Labute approximate surface area is 105 Å². The zero-order valence-corrected chi connectivity index (χ0v) is 10.2. The van der Waals surface area contributed by atoms with Gasteiger partial charge < -0.3 is 15.3 Å². The van der Waals surface area contributed by atoms with E-state index in [0.717, 1.165) is 12.0 Å². The summed E-state index contributed by atoms with van der Waals surface area (Å²) in [7, 11) is 0. The van der Waals surface area contributed by atoms with Crippen molar-refractivity contribution in [3.8, 4) is 0 Å². The van der Waals surface area contributed by atoms with Crippen LogP contribution >= 0.6 is 0 Å². The third kappa shape index (κ3) is 2.61. The van der Waals surface area contributed by atoms with Crippen LogP contribution in [0.3, 0.4) is 0 Å². The highest BCUT2D eigenvalue weighted by molar-refractivity contribution is 5.85. The molecule has 1 unspecified atom stereocenters. The zero-order chi connectivity index (χ0) is 13.1. The van der Waals surface area contributed by atoms with Crippen LogP contribution in [0.1, 0.15) is 18.1 Å². The number of carbonyl (C=O) groups is 2. The first-order valence-electron chi connectivity index (χ1n) is 5.93. The molecule has 1 atom stereocenters. The van der Waals surface area contributed by atoms with Gasteiger partial charge in [0.05, 0.1) is 0 Å². The van der Waals surface area contributed by atoms with Crippen LogP contribution in [0.2, 0.25) is 0 Å². The first-order chi connectivity index (χ1) is 8.58. The Bertz CT molecular complexity index is 473. The minimum Gasteiger partial charge on any atom is -0.465 e. The molecular formula is C13H16N2O3. The summed E-state index contributed by atoms with van der Waals surface area (Å²) in [6.45, 7) is 2.76. The average Bonchev–Trinajstić information content (AvgIpc) is 2.36. The summed E-state index contributed by atoms with van der Waals surface area (Å²) < 4.78 is 0. The Hall–Kier alpha value is -2.04. The second kappa shape index (κ2) is 5.08. The molecular weight excluding hydrogens is 232 g/mol. The molecule has 0 radical (unpaired) electrons. The van der Waals surface area contributed by atoms with E-state index in [1.165, 1.54) is 5.56 Å². The van der Waals surface area contributed by atoms with E-state index < -0.39 is 12.1 Å². The predicted molar refractivity (Wildman–Crippen MR) is 66.2 cm³/mol. The highest BCUT2D eigenvalue weighted by Gasteiger charge is 2.25. The smallest absolute Gasteiger partial charge is 0.405 e. The number of amides is 2. The first-order valence-corrected chi connectivity index (χ1v) is 5.93. The summed E-state index contributed by atoms with van der Waals surface area (Å²) in [5.74, 6) is -0.174. The van der Waals surface area contributed by atoms with E-state index in [4.69, 9.17) is 5.11 Å². The summed E-state index contributed by atoms with van der Waals surface area (Å²) in [5, 5.41) is 10.8. The first kappa shape index (κ1) is 12.4. The molecule has 2 rings (SSSR count). The van der Waals surface area contributed by atoms with Gasteiger partial charge in [0.1, 0.15) is 6.04 Å². The molecule has 96 valence electrons. The lowest BCUT2D eigenvalue weighted by molar-refractivity contribution is -0.133. The number of carboxylic acid groups (broad SMARTS) is 1. The molecule has 5 heteroatoms. The van der Waals surface area contributed by atoms with Gasteiger partial charge in [-0.25, -0.2) is 4.79 Å². The normalized spacial score (nSPS) is 15.7. The van der Waals surface area contributed by atoms with Crippen LogP contribution in [-0.4, -0.2) is 34.6 Å². The molecule has 1 heterocycles. The van der Waals surface area contributed by atoms with Gasteiger partial charge >= 0.3 is 6.09 Å². The fraction of sp³-hybridized carbons (Fsp3) is 0.385. The van der Waals surface area contributed by atoms with Crippen molar-refractivity contribution in [3.05, 3.63) is 35.4 Å². The van der Waals surface area contributed by atoms with Crippen LogP contribution in [0.4, 0.5) is 4.79 Å². The standard InChI is InChI=1S/C13H16N2O3/c1-9(14-13(17)18)12(16)15-7-6-10-4-2-3-5-11(10)8-15/h2-5,9,14H,6-8H2,1H3,(H,17,18). The molecule has 1 aromatic rings. The second-order valence-electron chi connectivity index (χ2n) is 4.45. The molecule has 1 aliphatic heterocycles. The molecule has 18 heavy (non-hydrogen) atoms. The quantitative estimate of drug-likeness (QED) is 0.827. The Balaban J connectivity index is 2.04. The Morgan fingerprint density at radius 2 is 2.00 bits per heavy atom. The SMILES string of the molecule is CC(NC(=O)O)C(=O)N1CCc2ccccc2C1. The zero-order valence-electron chi connectivity index (χ0n) is 10.2. The van der Waals surface area contributed by atoms with Crippen molar-refractivity contribution in [1.29, 1.82) is 0 Å². The van der Waals surface area contributed by atoms with E-state index in [1.54, 1.807) is 11.8 Å². The van der Waals surface area contributed by atoms with Gasteiger partial charge in [-0.2, -0.15) is 0 Å². The Kier molecular flexibility index (Phi) is 3.50. The van der Waals surface area contributed by atoms with Crippen molar-refractivity contribution in [2.45, 2.75) is 25.9 Å². The summed E-state index contributed by atoms with van der Waals surface area (Å²) >= 11 is 0. The van der Waals surface area contributed by atoms with E-state index >= 15 is 0 Å². The molecule has 1 aliphatic rings. The lowest BCUT2D eigenvalue weighted by Crippen LogP contribution is -2.48. The van der Waals surface area contributed by atoms with Gasteiger partial charge in [-0.15, -0.1) is 0 Å². The van der Waals surface area contributed by atoms with Crippen LogP contribution in [0, 0.1) is 0 Å². The molecule has 2 N–H and O–H groups in total. The van der Waals surface area contributed by atoms with Gasteiger partial charge in [0.25, 0.3) is 0 Å². The summed E-state index contributed by atoms with van der Waals surface area (Å²) in [6.07, 6.45) is -0.352. The van der Waals surface area contributed by atoms with Crippen LogP contribution in [-0.2, 0) is 17.8 Å². The Morgan fingerprint density at radius 1 is 1.33 bits per heavy atom. The molecule has 1 aromatic carbocycles. The number of rotatable bonds is 2. The van der Waals surface area contributed by atoms with Gasteiger partial charge in [0.15, 0.2) is 0 Å². The number of nitrogens with zero attached hydrogens (tertiary/aromatic N) is 1. The molecule has 0 saturated heterocycles. The summed E-state index contributed by atoms with van der Waals surface area (Å²) in [6, 6.07) is 7.31. The van der Waals surface area contributed by atoms with Crippen molar-refractivity contribution in [2.75, 3.05) is 6.54 Å². The van der Waals surface area contributed by atoms with Gasteiger partial charge in [0.2, 0.25) is 5.91 Å². The minimum absolute atomic E-state index is 0.174. The van der Waals surface area contributed by atoms with Gasteiger partial charge in [-0.1, -0.05) is 24.3 Å². The lowest BCUT2D eigenvalue weighted by atomic mass is 9.99. The Morgan fingerprint density at radius 3 is 2.67 bits per heavy atom. The van der Waals surface area contributed by atoms with Crippen molar-refractivity contribution in [3.63, 3.8) is 0 Å². The monoisotopic (exact) mass is 248 g/mol. The number of carbonyl (C=O) groups excluding carboxylic acids is 1. The maximum atomic E-state index is 12.0. The molecule has 2 amide bonds. The summed E-state index contributed by atoms with van der Waals surface area (Å²) in [4.78, 5) is 24.3. The van der Waals surface area contributed by atoms with Crippen LogP contribution < -0.4 is 5.32 Å². The highest BCUT2D eigenvalue weighted by Crippen LogP contribution is 2.18. The number of fused-ring (bicyclic) bond motifs is 1. The number of benzene rings is 1. The van der Waals surface area contributed by atoms with Crippen molar-refractivity contribution < 1.29 is 14.7 Å². The average molecular weight is 248 g/mol. The number of hydrogen-bond acceptors (Lipinski definition) is 2. The van der Waals surface area contributed by atoms with E-state index in [1.807, 2.05) is 18.2 Å². The largest absolute Gasteiger partial charge is 0.465 e. The third-order valence-corrected chi connectivity index (χ3v) is 3.15. The number of nitrogens with one attached hydrogen (secondary N) is 1. The van der Waals surface area contributed by atoms with Gasteiger partial charge in [0, 0.05) is 13.1 Å². The fourth-order valence-corrected chi connectivity index (χ4v) is 2.20. The maximum Gasteiger partial charge on any atom is 0.405 e. The number of hydrogen-bond donors (Lipinski definition) is 2. The lowest BCUT2D eigenvalue weighted by Gasteiger charge is -2.30. The maximum absolute atomic E-state index is 12.0. The van der Waals surface area contributed by atoms with E-state index in [9.17, 15) is 9.59 Å². The van der Waals surface area contributed by atoms with Crippen molar-refractivity contribution in [2.24, 2.45) is 0 Å². The summed E-state index contributed by atoms with van der Waals surface area (Å²) in [5.41, 5.74) is 2.40. The minimum atomic E-state index is -1.17. The van der Waals surface area contributed by atoms with Crippen LogP contribution in [0.25, 0.3) is 0 Å². The van der Waals surface area contributed by atoms with Gasteiger partial charge in [-0.05, 0) is 24.5 Å². The molecule has 0 aliphatic carbocycles. The third-order valence-electron chi connectivity index (χ3n) is 3.15. The van der Waals surface area contributed by atoms with Gasteiger partial charge in [-0.3, -0.25) is 4.79 Å². The highest BCUT2D eigenvalue weighted by atomic mass is 16.4. The molecule has 0 saturated carbocycles. The van der Waals surface area contributed by atoms with Crippen molar-refractivity contribution in [1.82, 2.24) is 10.2 Å². The molecule has 0 aromatic heterocycles. The molecule has 5 nitrogen and oxygen atoms in total. The predicted octanol–water partition coefficient (Wildman–Crippen LogP) is 1.23. The molecule has 0 spiro atoms. The van der Waals surface area contributed by atoms with Crippen LogP contribution in [0.15, 0.2) is 24.3 Å². The molecule has 0 bridgehead atoms. The second-order valence-corrected chi connectivity index (χ2v) is 4.45.